The number of hydrogen-bond donors (Lipinski definition) is 0. The number of ketones is 1. The summed E-state index contributed by atoms with van der Waals surface area (Å²) < 4.78 is 5.41. The van der Waals surface area contributed by atoms with E-state index in [1.54, 1.807) is 0 Å². The Kier molecular flexibility index (Phi) is 5.24. The fourth-order valence-electron chi connectivity index (χ4n) is 4.39. The maximum atomic E-state index is 13.0. The summed E-state index contributed by atoms with van der Waals surface area (Å²) in [6, 6.07) is 16.3. The molecule has 0 radical (unpaired) electrons. The zero-order valence-corrected chi connectivity index (χ0v) is 17.7. The Morgan fingerprint density at radius 2 is 2.00 bits per heavy atom. The molecule has 3 aromatic rings. The summed E-state index contributed by atoms with van der Waals surface area (Å²) in [5.41, 5.74) is 7.38. The fourth-order valence-corrected chi connectivity index (χ4v) is 4.39. The van der Waals surface area contributed by atoms with Gasteiger partial charge in [0.05, 0.1) is 12.2 Å². The molecule has 1 aromatic heterocycles. The lowest BCUT2D eigenvalue weighted by Gasteiger charge is -2.19. The van der Waals surface area contributed by atoms with Gasteiger partial charge in [0.15, 0.2) is 0 Å². The van der Waals surface area contributed by atoms with Crippen molar-refractivity contribution < 1.29 is 9.32 Å². The highest BCUT2D eigenvalue weighted by atomic mass is 16.5. The topological polar surface area (TPSA) is 58.7 Å². The minimum Gasteiger partial charge on any atom is -0.365 e. The summed E-state index contributed by atoms with van der Waals surface area (Å²) in [5.74, 6) is 0.869. The third kappa shape index (κ3) is 4.08. The van der Waals surface area contributed by atoms with Gasteiger partial charge >= 0.3 is 0 Å². The summed E-state index contributed by atoms with van der Waals surface area (Å²) in [4.78, 5) is 19.8. The number of anilines is 1. The zero-order valence-electron chi connectivity index (χ0n) is 17.7. The second-order valence-electron chi connectivity index (χ2n) is 8.20. The van der Waals surface area contributed by atoms with Crippen molar-refractivity contribution >= 4 is 17.7 Å². The number of carbonyl (C=O) groups excluding carboxylic acids is 1. The van der Waals surface area contributed by atoms with E-state index in [0.29, 0.717) is 18.6 Å². The molecule has 0 saturated heterocycles. The van der Waals surface area contributed by atoms with Crippen LogP contribution in [-0.2, 0) is 24.1 Å². The van der Waals surface area contributed by atoms with Crippen LogP contribution >= 0.6 is 0 Å². The van der Waals surface area contributed by atoms with Crippen LogP contribution in [0.15, 0.2) is 69.8 Å². The van der Waals surface area contributed by atoms with Crippen LogP contribution in [0, 0.1) is 6.92 Å². The number of nitrogens with zero attached hydrogens (tertiary/aromatic N) is 3. The van der Waals surface area contributed by atoms with E-state index in [4.69, 9.17) is 4.52 Å². The summed E-state index contributed by atoms with van der Waals surface area (Å²) in [6.45, 7) is 3.71. The van der Waals surface area contributed by atoms with Crippen LogP contribution in [0.25, 0.3) is 11.3 Å². The van der Waals surface area contributed by atoms with Crippen molar-refractivity contribution in [2.75, 3.05) is 18.0 Å². The molecule has 0 saturated carbocycles. The molecule has 5 rings (SSSR count). The molecule has 2 aliphatic heterocycles. The molecule has 156 valence electrons. The maximum Gasteiger partial charge on any atom is 0.141 e. The van der Waals surface area contributed by atoms with Crippen molar-refractivity contribution in [1.82, 2.24) is 5.16 Å². The van der Waals surface area contributed by atoms with E-state index in [2.05, 4.69) is 39.3 Å². The molecule has 0 bridgehead atoms. The molecular formula is C26H25N3O2. The van der Waals surface area contributed by atoms with E-state index < -0.39 is 0 Å². The SMILES string of the molecule is Cc1onc(-c2ccccc2)c1CC(=O)Cc1ccc2c(c1)N(CC1=CCC=N1)CC2. The van der Waals surface area contributed by atoms with Gasteiger partial charge < -0.3 is 9.42 Å². The first-order valence-electron chi connectivity index (χ1n) is 10.8. The number of aliphatic imine (C=N–C) groups is 1. The average Bonchev–Trinajstić information content (AvgIpc) is 3.51. The lowest BCUT2D eigenvalue weighted by Crippen LogP contribution is -2.22. The summed E-state index contributed by atoms with van der Waals surface area (Å²) in [5, 5.41) is 4.20. The molecule has 5 nitrogen and oxygen atoms in total. The molecule has 2 aromatic carbocycles. The van der Waals surface area contributed by atoms with Crippen LogP contribution in [0.2, 0.25) is 0 Å². The number of rotatable bonds is 7. The molecule has 0 N–H and O–H groups in total. The van der Waals surface area contributed by atoms with Crippen LogP contribution in [0.3, 0.4) is 0 Å². The summed E-state index contributed by atoms with van der Waals surface area (Å²) in [6.07, 6.45) is 6.83. The molecule has 31 heavy (non-hydrogen) atoms. The number of Topliss-reactive ketones (excluding diaryl/α,β-unsaturated/α-hetero) is 1. The predicted octanol–water partition coefficient (Wildman–Crippen LogP) is 4.73. The first-order chi connectivity index (χ1) is 15.2. The van der Waals surface area contributed by atoms with Crippen molar-refractivity contribution in [3.05, 3.63) is 82.8 Å². The highest BCUT2D eigenvalue weighted by Crippen LogP contribution is 2.31. The highest BCUT2D eigenvalue weighted by molar-refractivity contribution is 5.85. The minimum atomic E-state index is 0.163. The Labute approximate surface area is 182 Å². The number of carbonyl (C=O) groups is 1. The van der Waals surface area contributed by atoms with E-state index in [1.807, 2.05) is 43.5 Å². The van der Waals surface area contributed by atoms with E-state index >= 15 is 0 Å². The number of benzene rings is 2. The van der Waals surface area contributed by atoms with Gasteiger partial charge in [-0.1, -0.05) is 53.7 Å². The number of hydrogen-bond acceptors (Lipinski definition) is 5. The molecule has 0 amide bonds. The highest BCUT2D eigenvalue weighted by Gasteiger charge is 2.22. The molecule has 0 unspecified atom stereocenters. The Balaban J connectivity index is 1.31. The van der Waals surface area contributed by atoms with Gasteiger partial charge in [0.1, 0.15) is 17.2 Å². The van der Waals surface area contributed by atoms with E-state index in [0.717, 1.165) is 54.0 Å². The maximum absolute atomic E-state index is 13.0. The molecule has 2 aliphatic rings. The molecular weight excluding hydrogens is 386 g/mol. The Morgan fingerprint density at radius 1 is 1.13 bits per heavy atom. The van der Waals surface area contributed by atoms with Gasteiger partial charge in [-0.2, -0.15) is 0 Å². The average molecular weight is 412 g/mol. The van der Waals surface area contributed by atoms with Crippen LogP contribution in [0.4, 0.5) is 5.69 Å². The van der Waals surface area contributed by atoms with Gasteiger partial charge in [-0.05, 0) is 30.5 Å². The Hall–Kier alpha value is -3.47. The third-order valence-electron chi connectivity index (χ3n) is 6.02. The van der Waals surface area contributed by atoms with Crippen molar-refractivity contribution in [2.45, 2.75) is 32.6 Å². The monoisotopic (exact) mass is 411 g/mol. The molecule has 0 aliphatic carbocycles. The van der Waals surface area contributed by atoms with E-state index in [1.165, 1.54) is 11.3 Å². The lowest BCUT2D eigenvalue weighted by atomic mass is 9.98. The zero-order chi connectivity index (χ0) is 21.2. The van der Waals surface area contributed by atoms with Gasteiger partial charge in [-0.25, -0.2) is 0 Å². The largest absolute Gasteiger partial charge is 0.365 e. The number of fused-ring (bicyclic) bond motifs is 1. The number of aromatic nitrogens is 1. The summed E-state index contributed by atoms with van der Waals surface area (Å²) >= 11 is 0. The smallest absolute Gasteiger partial charge is 0.141 e. The molecule has 0 spiro atoms. The van der Waals surface area contributed by atoms with E-state index in [-0.39, 0.29) is 5.78 Å². The van der Waals surface area contributed by atoms with Gasteiger partial charge in [0.25, 0.3) is 0 Å². The predicted molar refractivity (Wildman–Crippen MR) is 123 cm³/mol. The first kappa shape index (κ1) is 19.5. The van der Waals surface area contributed by atoms with Gasteiger partial charge in [0.2, 0.25) is 0 Å². The van der Waals surface area contributed by atoms with E-state index in [9.17, 15) is 4.79 Å². The molecule has 0 fully saturated rings. The Bertz CT molecular complexity index is 1170. The van der Waals surface area contributed by atoms with Crippen LogP contribution in [0.1, 0.15) is 28.9 Å². The summed E-state index contributed by atoms with van der Waals surface area (Å²) in [7, 11) is 0. The molecule has 5 heteroatoms. The Morgan fingerprint density at radius 3 is 2.81 bits per heavy atom. The number of aryl methyl sites for hydroxylation is 1. The van der Waals surface area contributed by atoms with Gasteiger partial charge in [0, 0.05) is 48.8 Å². The normalized spacial score (nSPS) is 14.7. The van der Waals surface area contributed by atoms with Crippen molar-refractivity contribution in [1.29, 1.82) is 0 Å². The second kappa shape index (κ2) is 8.34. The molecule has 0 atom stereocenters. The van der Waals surface area contributed by atoms with Crippen LogP contribution < -0.4 is 4.90 Å². The van der Waals surface area contributed by atoms with Crippen molar-refractivity contribution in [3.8, 4) is 11.3 Å². The van der Waals surface area contributed by atoms with Gasteiger partial charge in [-0.15, -0.1) is 0 Å². The lowest BCUT2D eigenvalue weighted by molar-refractivity contribution is -0.117. The first-order valence-corrected chi connectivity index (χ1v) is 10.8. The minimum absolute atomic E-state index is 0.163. The quantitative estimate of drug-likeness (QED) is 0.564. The van der Waals surface area contributed by atoms with Gasteiger partial charge in [-0.3, -0.25) is 9.79 Å². The second-order valence-corrected chi connectivity index (χ2v) is 8.20. The fraction of sp³-hybridized carbons (Fsp3) is 0.269. The van der Waals surface area contributed by atoms with Crippen molar-refractivity contribution in [3.63, 3.8) is 0 Å². The van der Waals surface area contributed by atoms with Crippen molar-refractivity contribution in [2.24, 2.45) is 4.99 Å². The van der Waals surface area contributed by atoms with Crippen LogP contribution in [0.5, 0.6) is 0 Å². The number of allylic oxidation sites excluding steroid dienone is 1. The third-order valence-corrected chi connectivity index (χ3v) is 6.02. The standard InChI is InChI=1S/C26H25N3O2/c1-18-24(26(28-31-18)21-6-3-2-4-7-21)16-23(30)14-19-9-10-20-11-13-29(25(20)15-19)17-22-8-5-12-27-22/h2-4,6-10,12,15H,5,11,13-14,16-17H2,1H3. The van der Waals surface area contributed by atoms with Crippen LogP contribution in [-0.4, -0.2) is 30.2 Å². The molecule has 3 heterocycles.